The van der Waals surface area contributed by atoms with Gasteiger partial charge in [0.15, 0.2) is 0 Å². The monoisotopic (exact) mass is 235 g/mol. The summed E-state index contributed by atoms with van der Waals surface area (Å²) < 4.78 is 0. The number of hydrogen-bond donors (Lipinski definition) is 0. The fourth-order valence-electron chi connectivity index (χ4n) is 1.99. The van der Waals surface area contributed by atoms with Gasteiger partial charge in [-0.2, -0.15) is 0 Å². The number of aromatic nitrogens is 2. The van der Waals surface area contributed by atoms with E-state index in [0.717, 1.165) is 23.5 Å². The van der Waals surface area contributed by atoms with Gasteiger partial charge in [-0.15, -0.1) is 0 Å². The lowest BCUT2D eigenvalue weighted by molar-refractivity contribution is 1.13. The van der Waals surface area contributed by atoms with Crippen molar-refractivity contribution in [2.24, 2.45) is 4.99 Å². The van der Waals surface area contributed by atoms with E-state index in [4.69, 9.17) is 0 Å². The Morgan fingerprint density at radius 3 is 2.11 bits per heavy atom. The summed E-state index contributed by atoms with van der Waals surface area (Å²) in [5.41, 5.74) is 4.22. The Morgan fingerprint density at radius 2 is 1.56 bits per heavy atom. The third-order valence-corrected chi connectivity index (χ3v) is 2.94. The lowest BCUT2D eigenvalue weighted by Gasteiger charge is -2.12. The Hall–Kier alpha value is -2.29. The van der Waals surface area contributed by atoms with Crippen molar-refractivity contribution in [1.82, 2.24) is 9.97 Å². The quantitative estimate of drug-likeness (QED) is 0.802. The van der Waals surface area contributed by atoms with Crippen LogP contribution in [-0.2, 0) is 0 Å². The zero-order valence-corrected chi connectivity index (χ0v) is 9.95. The van der Waals surface area contributed by atoms with E-state index < -0.39 is 0 Å². The lowest BCUT2D eigenvalue weighted by atomic mass is 10.0. The average Bonchev–Trinajstić information content (AvgIpc) is 2.49. The highest BCUT2D eigenvalue weighted by atomic mass is 14.8. The Bertz CT molecular complexity index is 530. The molecule has 3 heteroatoms. The van der Waals surface area contributed by atoms with Gasteiger partial charge >= 0.3 is 0 Å². The van der Waals surface area contributed by atoms with E-state index in [0.29, 0.717) is 6.54 Å². The van der Waals surface area contributed by atoms with Crippen LogP contribution in [0, 0.1) is 0 Å². The van der Waals surface area contributed by atoms with Crippen LogP contribution >= 0.6 is 0 Å². The predicted molar refractivity (Wildman–Crippen MR) is 72.5 cm³/mol. The Labute approximate surface area is 106 Å². The summed E-state index contributed by atoms with van der Waals surface area (Å²) in [4.78, 5) is 13.3. The van der Waals surface area contributed by atoms with E-state index in [9.17, 15) is 0 Å². The van der Waals surface area contributed by atoms with Gasteiger partial charge in [0.25, 0.3) is 0 Å². The van der Waals surface area contributed by atoms with Crippen LogP contribution in [0.3, 0.4) is 0 Å². The first-order valence-corrected chi connectivity index (χ1v) is 5.98. The van der Waals surface area contributed by atoms with E-state index in [1.54, 1.807) is 6.20 Å². The average molecular weight is 235 g/mol. The third-order valence-electron chi connectivity index (χ3n) is 2.94. The molecule has 0 N–H and O–H groups in total. The molecule has 18 heavy (non-hydrogen) atoms. The second kappa shape index (κ2) is 4.92. The summed E-state index contributed by atoms with van der Waals surface area (Å²) in [7, 11) is 0. The van der Waals surface area contributed by atoms with Gasteiger partial charge < -0.3 is 0 Å². The molecule has 0 bridgehead atoms. The zero-order valence-electron chi connectivity index (χ0n) is 9.95. The van der Waals surface area contributed by atoms with Gasteiger partial charge in [0.1, 0.15) is 0 Å². The summed E-state index contributed by atoms with van der Waals surface area (Å²) in [5.74, 6) is 0. The Balaban J connectivity index is 1.79. The number of hydrogen-bond acceptors (Lipinski definition) is 3. The topological polar surface area (TPSA) is 38.1 Å². The molecule has 0 radical (unpaired) electrons. The molecule has 1 aliphatic heterocycles. The maximum atomic E-state index is 4.60. The van der Waals surface area contributed by atoms with Crippen LogP contribution in [0.1, 0.15) is 17.8 Å². The summed E-state index contributed by atoms with van der Waals surface area (Å²) in [6.07, 6.45) is 6.63. The molecule has 3 rings (SSSR count). The molecule has 0 amide bonds. The molecule has 2 aromatic heterocycles. The molecule has 2 aromatic rings. The first kappa shape index (κ1) is 10.8. The number of rotatable bonds is 2. The van der Waals surface area contributed by atoms with E-state index in [-0.39, 0.29) is 0 Å². The van der Waals surface area contributed by atoms with E-state index >= 15 is 0 Å². The van der Waals surface area contributed by atoms with Crippen LogP contribution in [0.25, 0.3) is 5.57 Å². The van der Waals surface area contributed by atoms with Crippen LogP contribution in [0.15, 0.2) is 59.9 Å². The van der Waals surface area contributed by atoms with Gasteiger partial charge in [-0.3, -0.25) is 15.0 Å². The maximum absolute atomic E-state index is 4.60. The van der Waals surface area contributed by atoms with Crippen molar-refractivity contribution in [1.29, 1.82) is 0 Å². The minimum atomic E-state index is 0.683. The first-order valence-electron chi connectivity index (χ1n) is 5.98. The van der Waals surface area contributed by atoms with Crippen molar-refractivity contribution in [3.8, 4) is 0 Å². The zero-order chi connectivity index (χ0) is 12.2. The molecular formula is C15H13N3. The fraction of sp³-hybridized carbons (Fsp3) is 0.133. The van der Waals surface area contributed by atoms with Crippen LogP contribution in [0.2, 0.25) is 0 Å². The molecule has 3 heterocycles. The standard InChI is InChI=1S/C15H13N3/c1-3-9-16-13(5-1)12-7-8-15(18-11-12)14-6-2-4-10-17-14/h1-7,9-10H,8,11H2. The molecular weight excluding hydrogens is 222 g/mol. The Kier molecular flexibility index (Phi) is 2.96. The molecule has 0 saturated carbocycles. The van der Waals surface area contributed by atoms with Crippen LogP contribution in [0.4, 0.5) is 0 Å². The van der Waals surface area contributed by atoms with Gasteiger partial charge in [0.05, 0.1) is 23.6 Å². The smallest absolute Gasteiger partial charge is 0.0843 e. The van der Waals surface area contributed by atoms with Crippen LogP contribution in [0.5, 0.6) is 0 Å². The highest BCUT2D eigenvalue weighted by Crippen LogP contribution is 2.18. The minimum Gasteiger partial charge on any atom is -0.282 e. The van der Waals surface area contributed by atoms with Crippen LogP contribution < -0.4 is 0 Å². The van der Waals surface area contributed by atoms with Gasteiger partial charge in [-0.25, -0.2) is 0 Å². The molecule has 0 saturated heterocycles. The number of nitrogens with zero attached hydrogens (tertiary/aromatic N) is 3. The third kappa shape index (κ3) is 2.20. The van der Waals surface area contributed by atoms with Crippen molar-refractivity contribution in [2.45, 2.75) is 6.42 Å². The van der Waals surface area contributed by atoms with E-state index in [1.807, 2.05) is 42.6 Å². The molecule has 0 fully saturated rings. The molecule has 1 aliphatic rings. The van der Waals surface area contributed by atoms with Crippen molar-refractivity contribution in [2.75, 3.05) is 6.54 Å². The van der Waals surface area contributed by atoms with Crippen molar-refractivity contribution < 1.29 is 0 Å². The molecule has 3 nitrogen and oxygen atoms in total. The summed E-state index contributed by atoms with van der Waals surface area (Å²) in [5, 5.41) is 0. The molecule has 0 spiro atoms. The predicted octanol–water partition coefficient (Wildman–Crippen LogP) is 2.75. The highest BCUT2D eigenvalue weighted by molar-refractivity contribution is 6.02. The fourth-order valence-corrected chi connectivity index (χ4v) is 1.99. The maximum Gasteiger partial charge on any atom is 0.0843 e. The van der Waals surface area contributed by atoms with Crippen molar-refractivity contribution in [3.63, 3.8) is 0 Å². The number of allylic oxidation sites excluding steroid dienone is 1. The van der Waals surface area contributed by atoms with Gasteiger partial charge in [-0.1, -0.05) is 18.2 Å². The summed E-state index contributed by atoms with van der Waals surface area (Å²) >= 11 is 0. The molecule has 0 atom stereocenters. The van der Waals surface area contributed by atoms with E-state index in [2.05, 4.69) is 21.0 Å². The first-order chi connectivity index (χ1) is 8.93. The van der Waals surface area contributed by atoms with Crippen LogP contribution in [-0.4, -0.2) is 22.2 Å². The van der Waals surface area contributed by atoms with E-state index in [1.165, 1.54) is 5.57 Å². The molecule has 0 unspecified atom stereocenters. The number of aliphatic imine (C=N–C) groups is 1. The largest absolute Gasteiger partial charge is 0.282 e. The number of dihydropyridines is 1. The second-order valence-electron chi connectivity index (χ2n) is 4.13. The summed E-state index contributed by atoms with van der Waals surface area (Å²) in [6.45, 7) is 0.683. The molecule has 88 valence electrons. The summed E-state index contributed by atoms with van der Waals surface area (Å²) in [6, 6.07) is 11.9. The highest BCUT2D eigenvalue weighted by Gasteiger charge is 2.11. The molecule has 0 aliphatic carbocycles. The van der Waals surface area contributed by atoms with Crippen molar-refractivity contribution >= 4 is 11.3 Å². The minimum absolute atomic E-state index is 0.683. The van der Waals surface area contributed by atoms with Gasteiger partial charge in [0.2, 0.25) is 0 Å². The van der Waals surface area contributed by atoms with Crippen molar-refractivity contribution in [3.05, 3.63) is 66.3 Å². The van der Waals surface area contributed by atoms with Gasteiger partial charge in [0, 0.05) is 18.8 Å². The molecule has 0 aromatic carbocycles. The second-order valence-corrected chi connectivity index (χ2v) is 4.13. The normalized spacial score (nSPS) is 14.9. The Morgan fingerprint density at radius 1 is 0.833 bits per heavy atom. The SMILES string of the molecule is C1=C(c2ccccn2)CN=C(c2ccccn2)C1. The number of pyridine rings is 2. The lowest BCUT2D eigenvalue weighted by Crippen LogP contribution is -2.09. The van der Waals surface area contributed by atoms with Gasteiger partial charge in [-0.05, 0) is 29.8 Å².